The highest BCUT2D eigenvalue weighted by Gasteiger charge is 2.22. The van der Waals surface area contributed by atoms with E-state index in [2.05, 4.69) is 26.1 Å². The van der Waals surface area contributed by atoms with E-state index < -0.39 is 11.5 Å². The summed E-state index contributed by atoms with van der Waals surface area (Å²) in [5, 5.41) is 8.73. The quantitative estimate of drug-likeness (QED) is 0.723. The van der Waals surface area contributed by atoms with Crippen LogP contribution in [0.2, 0.25) is 0 Å². The number of esters is 1. The Bertz CT molecular complexity index is 794. The van der Waals surface area contributed by atoms with Crippen LogP contribution in [0.1, 0.15) is 32.4 Å². The first-order valence-corrected chi connectivity index (χ1v) is 8.09. The van der Waals surface area contributed by atoms with Gasteiger partial charge in [0.15, 0.2) is 5.52 Å². The van der Waals surface area contributed by atoms with Gasteiger partial charge in [-0.25, -0.2) is 4.68 Å². The van der Waals surface area contributed by atoms with Crippen LogP contribution in [0.5, 0.6) is 0 Å². The zero-order chi connectivity index (χ0) is 17.3. The number of nitrogens with zero attached hydrogens (tertiary/aromatic N) is 5. The van der Waals surface area contributed by atoms with Gasteiger partial charge in [-0.3, -0.25) is 9.59 Å². The lowest BCUT2D eigenvalue weighted by Gasteiger charge is -2.14. The maximum atomic E-state index is 12.7. The van der Waals surface area contributed by atoms with Gasteiger partial charge in [0.05, 0.1) is 16.8 Å². The molecule has 0 bridgehead atoms. The Morgan fingerprint density at radius 3 is 2.52 bits per heavy atom. The molecule has 0 aliphatic carbocycles. The number of hydrogen-bond donors (Lipinski definition) is 0. The first kappa shape index (κ1) is 17.5. The van der Waals surface area contributed by atoms with E-state index >= 15 is 0 Å². The molecule has 2 rings (SSSR count). The van der Waals surface area contributed by atoms with Gasteiger partial charge in [0.1, 0.15) is 6.54 Å². The van der Waals surface area contributed by atoms with Gasteiger partial charge in [0.25, 0.3) is 5.56 Å². The molecule has 0 atom stereocenters. The molecule has 0 aliphatic rings. The van der Waals surface area contributed by atoms with Crippen LogP contribution in [0, 0.1) is 0 Å². The summed E-state index contributed by atoms with van der Waals surface area (Å²) < 4.78 is 8.14. The highest BCUT2D eigenvalue weighted by atomic mass is 79.9. The van der Waals surface area contributed by atoms with Gasteiger partial charge in [-0.15, -0.1) is 5.10 Å². The van der Waals surface area contributed by atoms with Crippen molar-refractivity contribution < 1.29 is 9.53 Å². The molecule has 0 unspecified atom stereocenters. The molecular weight excluding hydrogens is 366 g/mol. The lowest BCUT2D eigenvalue weighted by molar-refractivity contribution is -0.144. The lowest BCUT2D eigenvalue weighted by atomic mass is 10.1. The largest absolute Gasteiger partial charge is 0.465 e. The van der Waals surface area contributed by atoms with E-state index in [1.54, 1.807) is 25.9 Å². The van der Waals surface area contributed by atoms with E-state index in [0.29, 0.717) is 15.9 Å². The van der Waals surface area contributed by atoms with Gasteiger partial charge in [-0.1, -0.05) is 13.8 Å². The Labute approximate surface area is 142 Å². The van der Waals surface area contributed by atoms with Crippen molar-refractivity contribution in [1.82, 2.24) is 19.4 Å². The molecule has 0 amide bonds. The van der Waals surface area contributed by atoms with Gasteiger partial charge in [-0.05, 0) is 28.8 Å². The molecule has 0 aliphatic heterocycles. The van der Waals surface area contributed by atoms with Gasteiger partial charge in [-0.2, -0.15) is 9.61 Å². The highest BCUT2D eigenvalue weighted by molar-refractivity contribution is 9.10. The van der Waals surface area contributed by atoms with Gasteiger partial charge in [0.2, 0.25) is 5.95 Å². The monoisotopic (exact) mass is 385 g/mol. The van der Waals surface area contributed by atoms with Gasteiger partial charge < -0.3 is 9.64 Å². The first-order chi connectivity index (χ1) is 10.8. The van der Waals surface area contributed by atoms with Gasteiger partial charge >= 0.3 is 5.97 Å². The Balaban J connectivity index is 2.72. The van der Waals surface area contributed by atoms with Crippen LogP contribution in [-0.4, -0.2) is 46.1 Å². The summed E-state index contributed by atoms with van der Waals surface area (Å²) in [7, 11) is 3.59. The van der Waals surface area contributed by atoms with E-state index in [4.69, 9.17) is 4.74 Å². The summed E-state index contributed by atoms with van der Waals surface area (Å²) in [6.45, 7) is 5.72. The molecule has 9 heteroatoms. The molecule has 0 fully saturated rings. The average Bonchev–Trinajstić information content (AvgIpc) is 2.80. The molecule has 0 N–H and O–H groups in total. The van der Waals surface area contributed by atoms with Crippen LogP contribution < -0.4 is 10.5 Å². The number of ether oxygens (including phenoxy) is 1. The third kappa shape index (κ3) is 3.24. The molecule has 2 heterocycles. The van der Waals surface area contributed by atoms with E-state index in [1.165, 1.54) is 4.52 Å². The third-order valence-electron chi connectivity index (χ3n) is 3.22. The van der Waals surface area contributed by atoms with Crippen LogP contribution >= 0.6 is 15.9 Å². The summed E-state index contributed by atoms with van der Waals surface area (Å²) in [6, 6.07) is 0. The van der Waals surface area contributed by atoms with Crippen molar-refractivity contribution in [2.75, 3.05) is 25.6 Å². The van der Waals surface area contributed by atoms with Gasteiger partial charge in [0, 0.05) is 14.1 Å². The average molecular weight is 386 g/mol. The molecule has 0 saturated carbocycles. The van der Waals surface area contributed by atoms with Crippen LogP contribution in [0.4, 0.5) is 5.95 Å². The number of aromatic nitrogens is 4. The highest BCUT2D eigenvalue weighted by Crippen LogP contribution is 2.27. The second-order valence-corrected chi connectivity index (χ2v) is 6.37. The predicted molar refractivity (Wildman–Crippen MR) is 90.0 cm³/mol. The maximum Gasteiger partial charge on any atom is 0.327 e. The van der Waals surface area contributed by atoms with Crippen LogP contribution in [-0.2, 0) is 16.1 Å². The number of rotatable bonds is 5. The Kier molecular flexibility index (Phi) is 5.08. The SMILES string of the molecule is CCOC(=O)Cn1nc(N(C)C)n2nc(C(C)C)c(Br)c2c1=O. The van der Waals surface area contributed by atoms with Crippen LogP contribution in [0.25, 0.3) is 5.52 Å². The van der Waals surface area contributed by atoms with E-state index in [0.717, 1.165) is 10.4 Å². The van der Waals surface area contributed by atoms with Crippen molar-refractivity contribution in [3.8, 4) is 0 Å². The predicted octanol–water partition coefficient (Wildman–Crippen LogP) is 1.41. The molecule has 126 valence electrons. The van der Waals surface area contributed by atoms with E-state index in [-0.39, 0.29) is 19.1 Å². The molecule has 0 saturated heterocycles. The minimum Gasteiger partial charge on any atom is -0.465 e. The minimum atomic E-state index is -0.504. The lowest BCUT2D eigenvalue weighted by Crippen LogP contribution is -2.32. The summed E-state index contributed by atoms with van der Waals surface area (Å²) in [6.07, 6.45) is 0. The fourth-order valence-electron chi connectivity index (χ4n) is 2.15. The minimum absolute atomic E-state index is 0.136. The molecule has 0 spiro atoms. The molecule has 0 radical (unpaired) electrons. The van der Waals surface area contributed by atoms with Crippen molar-refractivity contribution >= 4 is 33.4 Å². The number of carbonyl (C=O) groups is 1. The normalized spacial score (nSPS) is 11.3. The molecule has 0 aromatic carbocycles. The van der Waals surface area contributed by atoms with Crippen molar-refractivity contribution in [2.24, 2.45) is 0 Å². The number of carbonyl (C=O) groups excluding carboxylic acids is 1. The maximum absolute atomic E-state index is 12.7. The van der Waals surface area contributed by atoms with E-state index in [1.807, 2.05) is 13.8 Å². The van der Waals surface area contributed by atoms with Crippen molar-refractivity contribution in [3.05, 3.63) is 20.5 Å². The number of anilines is 1. The molecule has 23 heavy (non-hydrogen) atoms. The summed E-state index contributed by atoms with van der Waals surface area (Å²) >= 11 is 3.46. The molecule has 2 aromatic heterocycles. The molecular formula is C14H20BrN5O3. The van der Waals surface area contributed by atoms with Crippen molar-refractivity contribution in [2.45, 2.75) is 33.2 Å². The smallest absolute Gasteiger partial charge is 0.327 e. The van der Waals surface area contributed by atoms with Crippen LogP contribution in [0.15, 0.2) is 9.27 Å². The summed E-state index contributed by atoms with van der Waals surface area (Å²) in [5.74, 6) is 0.0876. The van der Waals surface area contributed by atoms with E-state index in [9.17, 15) is 9.59 Å². The fourth-order valence-corrected chi connectivity index (χ4v) is 3.02. The Morgan fingerprint density at radius 2 is 2.00 bits per heavy atom. The van der Waals surface area contributed by atoms with Crippen molar-refractivity contribution in [3.63, 3.8) is 0 Å². The second-order valence-electron chi connectivity index (χ2n) is 5.58. The standard InChI is InChI=1S/C14H20BrN5O3/c1-6-23-9(21)7-19-13(22)12-10(15)11(8(2)3)16-20(12)14(17-19)18(4)5/h8H,6-7H2,1-5H3. The molecule has 8 nitrogen and oxygen atoms in total. The van der Waals surface area contributed by atoms with Crippen LogP contribution in [0.3, 0.4) is 0 Å². The third-order valence-corrected chi connectivity index (χ3v) is 4.00. The Morgan fingerprint density at radius 1 is 1.35 bits per heavy atom. The fraction of sp³-hybridized carbons (Fsp3) is 0.571. The second kappa shape index (κ2) is 6.69. The zero-order valence-corrected chi connectivity index (χ0v) is 15.4. The first-order valence-electron chi connectivity index (χ1n) is 7.30. The number of hydrogen-bond acceptors (Lipinski definition) is 6. The number of halogens is 1. The Hall–Kier alpha value is -1.90. The van der Waals surface area contributed by atoms with Crippen molar-refractivity contribution in [1.29, 1.82) is 0 Å². The molecule has 2 aromatic rings. The summed E-state index contributed by atoms with van der Waals surface area (Å²) in [4.78, 5) is 26.1. The number of fused-ring (bicyclic) bond motifs is 1. The summed E-state index contributed by atoms with van der Waals surface area (Å²) in [5.41, 5.74) is 0.729. The topological polar surface area (TPSA) is 81.7 Å². The zero-order valence-electron chi connectivity index (χ0n) is 13.8.